The maximum absolute atomic E-state index is 3.97. The molecule has 0 aliphatic carbocycles. The van der Waals surface area contributed by atoms with Gasteiger partial charge in [0.1, 0.15) is 0 Å². The second-order valence-electron chi connectivity index (χ2n) is 4.87. The van der Waals surface area contributed by atoms with E-state index in [0.29, 0.717) is 0 Å². The van der Waals surface area contributed by atoms with Gasteiger partial charge in [-0.1, -0.05) is 81.0 Å². The molecule has 1 aromatic carbocycles. The molecule has 0 amide bonds. The lowest BCUT2D eigenvalue weighted by Crippen LogP contribution is -1.99. The molecule has 1 nitrogen and oxygen atoms in total. The summed E-state index contributed by atoms with van der Waals surface area (Å²) in [5, 5.41) is 0. The van der Waals surface area contributed by atoms with Crippen LogP contribution in [0.3, 0.4) is 0 Å². The summed E-state index contributed by atoms with van der Waals surface area (Å²) in [7, 11) is 0. The van der Waals surface area contributed by atoms with Gasteiger partial charge in [0.15, 0.2) is 0 Å². The van der Waals surface area contributed by atoms with Gasteiger partial charge in [-0.2, -0.15) is 0 Å². The summed E-state index contributed by atoms with van der Waals surface area (Å²) in [5.41, 5.74) is 5.27. The molecule has 114 valence electrons. The SMILES string of the molecule is C=C/C=C\c1c(C=C)c(C=C)c(/C=C\C=C)n1-c1ccccc1. The summed E-state index contributed by atoms with van der Waals surface area (Å²) in [5.74, 6) is 0. The van der Waals surface area contributed by atoms with Gasteiger partial charge in [-0.15, -0.1) is 0 Å². The second-order valence-corrected chi connectivity index (χ2v) is 4.87. The van der Waals surface area contributed by atoms with E-state index in [1.807, 2.05) is 54.7 Å². The highest BCUT2D eigenvalue weighted by Crippen LogP contribution is 2.31. The van der Waals surface area contributed by atoms with Crippen LogP contribution in [-0.4, -0.2) is 4.57 Å². The minimum Gasteiger partial charge on any atom is -0.309 e. The number of allylic oxidation sites excluding steroid dienone is 4. The van der Waals surface area contributed by atoms with Crippen LogP contribution in [-0.2, 0) is 0 Å². The van der Waals surface area contributed by atoms with Crippen LogP contribution in [0.1, 0.15) is 22.5 Å². The van der Waals surface area contributed by atoms with Gasteiger partial charge in [-0.3, -0.25) is 0 Å². The summed E-state index contributed by atoms with van der Waals surface area (Å²) < 4.78 is 2.19. The molecule has 0 atom stereocenters. The van der Waals surface area contributed by atoms with E-state index >= 15 is 0 Å². The van der Waals surface area contributed by atoms with Crippen LogP contribution in [0.5, 0.6) is 0 Å². The molecule has 0 fully saturated rings. The van der Waals surface area contributed by atoms with Gasteiger partial charge in [0, 0.05) is 16.8 Å². The summed E-state index contributed by atoms with van der Waals surface area (Å²) >= 11 is 0. The molecule has 1 heteroatoms. The fourth-order valence-electron chi connectivity index (χ4n) is 2.58. The average Bonchev–Trinajstić information content (AvgIpc) is 2.90. The third-order valence-electron chi connectivity index (χ3n) is 3.53. The molecule has 0 aliphatic heterocycles. The first kappa shape index (κ1) is 16.3. The number of hydrogen-bond donors (Lipinski definition) is 0. The van der Waals surface area contributed by atoms with E-state index in [-0.39, 0.29) is 0 Å². The molecule has 23 heavy (non-hydrogen) atoms. The van der Waals surface area contributed by atoms with Crippen LogP contribution in [0, 0.1) is 0 Å². The van der Waals surface area contributed by atoms with Crippen LogP contribution in [0.4, 0.5) is 0 Å². The number of aromatic nitrogens is 1. The first-order chi connectivity index (χ1) is 11.3. The van der Waals surface area contributed by atoms with Crippen molar-refractivity contribution in [2.24, 2.45) is 0 Å². The van der Waals surface area contributed by atoms with Gasteiger partial charge in [-0.25, -0.2) is 0 Å². The number of benzene rings is 1. The zero-order valence-corrected chi connectivity index (χ0v) is 13.3. The lowest BCUT2D eigenvalue weighted by molar-refractivity contribution is 1.04. The summed E-state index contributed by atoms with van der Waals surface area (Å²) in [6.07, 6.45) is 15.2. The maximum atomic E-state index is 3.97. The molecule has 0 saturated carbocycles. The smallest absolute Gasteiger partial charge is 0.0540 e. The monoisotopic (exact) mass is 299 g/mol. The Morgan fingerprint density at radius 3 is 1.57 bits per heavy atom. The van der Waals surface area contributed by atoms with Crippen molar-refractivity contribution in [3.8, 4) is 5.69 Å². The van der Waals surface area contributed by atoms with Crippen molar-refractivity contribution in [3.05, 3.63) is 103 Å². The van der Waals surface area contributed by atoms with Crippen LogP contribution >= 0.6 is 0 Å². The zero-order valence-electron chi connectivity index (χ0n) is 13.3. The van der Waals surface area contributed by atoms with Crippen molar-refractivity contribution in [2.75, 3.05) is 0 Å². The van der Waals surface area contributed by atoms with Crippen molar-refractivity contribution in [2.45, 2.75) is 0 Å². The summed E-state index contributed by atoms with van der Waals surface area (Å²) in [4.78, 5) is 0. The van der Waals surface area contributed by atoms with Gasteiger partial charge >= 0.3 is 0 Å². The predicted octanol–water partition coefficient (Wildman–Crippen LogP) is 6.16. The van der Waals surface area contributed by atoms with E-state index in [2.05, 4.69) is 43.0 Å². The molecule has 0 unspecified atom stereocenters. The Bertz CT molecular complexity index is 736. The number of rotatable bonds is 7. The molecule has 0 N–H and O–H groups in total. The Kier molecular flexibility index (Phi) is 5.54. The molecule has 2 rings (SSSR count). The Morgan fingerprint density at radius 2 is 1.17 bits per heavy atom. The van der Waals surface area contributed by atoms with Crippen LogP contribution in [0.25, 0.3) is 30.0 Å². The molecule has 1 aromatic heterocycles. The highest BCUT2D eigenvalue weighted by molar-refractivity contribution is 5.80. The van der Waals surface area contributed by atoms with E-state index in [1.54, 1.807) is 12.2 Å². The van der Waals surface area contributed by atoms with Crippen LogP contribution < -0.4 is 0 Å². The summed E-state index contributed by atoms with van der Waals surface area (Å²) in [6, 6.07) is 10.2. The highest BCUT2D eigenvalue weighted by Gasteiger charge is 2.17. The number of nitrogens with zero attached hydrogens (tertiary/aromatic N) is 1. The Balaban J connectivity index is 2.90. The lowest BCUT2D eigenvalue weighted by atomic mass is 10.1. The van der Waals surface area contributed by atoms with Gasteiger partial charge in [0.2, 0.25) is 0 Å². The topological polar surface area (TPSA) is 4.93 Å². The largest absolute Gasteiger partial charge is 0.309 e. The van der Waals surface area contributed by atoms with E-state index in [9.17, 15) is 0 Å². The van der Waals surface area contributed by atoms with E-state index in [0.717, 1.165) is 28.2 Å². The number of para-hydroxylation sites is 1. The Morgan fingerprint density at radius 1 is 0.696 bits per heavy atom. The fraction of sp³-hybridized carbons (Fsp3) is 0. The Hall–Kier alpha value is -3.06. The molecule has 0 bridgehead atoms. The molecular formula is C22H21N. The molecule has 0 aliphatic rings. The van der Waals surface area contributed by atoms with Crippen LogP contribution in [0.2, 0.25) is 0 Å². The molecule has 2 aromatic rings. The fourth-order valence-corrected chi connectivity index (χ4v) is 2.58. The normalized spacial score (nSPS) is 11.0. The summed E-state index contributed by atoms with van der Waals surface area (Å²) in [6.45, 7) is 15.5. The van der Waals surface area contributed by atoms with Crippen molar-refractivity contribution < 1.29 is 0 Å². The zero-order chi connectivity index (χ0) is 16.7. The quantitative estimate of drug-likeness (QED) is 0.539. The second kappa shape index (κ2) is 7.81. The highest BCUT2D eigenvalue weighted by atomic mass is 15.0. The van der Waals surface area contributed by atoms with E-state index < -0.39 is 0 Å². The third kappa shape index (κ3) is 3.24. The number of hydrogen-bond acceptors (Lipinski definition) is 0. The predicted molar refractivity (Wildman–Crippen MR) is 104 cm³/mol. The van der Waals surface area contributed by atoms with E-state index in [4.69, 9.17) is 0 Å². The Labute approximate surface area is 138 Å². The lowest BCUT2D eigenvalue weighted by Gasteiger charge is -2.10. The van der Waals surface area contributed by atoms with Gasteiger partial charge in [0.25, 0.3) is 0 Å². The molecule has 0 spiro atoms. The van der Waals surface area contributed by atoms with Gasteiger partial charge < -0.3 is 4.57 Å². The van der Waals surface area contributed by atoms with Crippen molar-refractivity contribution >= 4 is 24.3 Å². The van der Waals surface area contributed by atoms with Gasteiger partial charge in [0.05, 0.1) is 11.4 Å². The third-order valence-corrected chi connectivity index (χ3v) is 3.53. The minimum atomic E-state index is 1.05. The maximum Gasteiger partial charge on any atom is 0.0540 e. The van der Waals surface area contributed by atoms with Crippen LogP contribution in [0.15, 0.2) is 81.0 Å². The first-order valence-corrected chi connectivity index (χ1v) is 7.45. The molecule has 1 heterocycles. The van der Waals surface area contributed by atoms with E-state index in [1.165, 1.54) is 0 Å². The molecule has 0 radical (unpaired) electrons. The van der Waals surface area contributed by atoms with Crippen molar-refractivity contribution in [1.82, 2.24) is 4.57 Å². The standard InChI is InChI=1S/C22H21N/c1-5-9-16-21-19(7-3)20(8-4)22(17-10-6-2)23(21)18-14-12-11-13-15-18/h5-17H,1-4H2/b16-9-,17-10-. The molecule has 0 saturated heterocycles. The van der Waals surface area contributed by atoms with Gasteiger partial charge in [-0.05, 0) is 24.3 Å². The van der Waals surface area contributed by atoms with Crippen molar-refractivity contribution in [3.63, 3.8) is 0 Å². The molecular weight excluding hydrogens is 278 g/mol. The first-order valence-electron chi connectivity index (χ1n) is 7.45. The minimum absolute atomic E-state index is 1.05. The van der Waals surface area contributed by atoms with Crippen molar-refractivity contribution in [1.29, 1.82) is 0 Å². The average molecular weight is 299 g/mol.